The maximum atomic E-state index is 9.25. The first-order chi connectivity index (χ1) is 9.51. The van der Waals surface area contributed by atoms with E-state index in [1.54, 1.807) is 0 Å². The lowest BCUT2D eigenvalue weighted by atomic mass is 10.1. The van der Waals surface area contributed by atoms with Crippen LogP contribution in [0.25, 0.3) is 0 Å². The molecule has 104 valence electrons. The highest BCUT2D eigenvalue weighted by Gasteiger charge is 2.13. The molecule has 0 aliphatic rings. The minimum Gasteiger partial charge on any atom is -0.363 e. The molecular weight excluding hydrogens is 252 g/mol. The Balaban J connectivity index is 2.14. The Morgan fingerprint density at radius 3 is 2.70 bits per heavy atom. The maximum Gasteiger partial charge on any atom is 0.167 e. The number of nitrogens with zero attached hydrogens (tertiary/aromatic N) is 5. The number of aryl methyl sites for hydroxylation is 2. The average molecular weight is 270 g/mol. The second-order valence-electron chi connectivity index (χ2n) is 5.03. The third-order valence-corrected chi connectivity index (χ3v) is 3.17. The van der Waals surface area contributed by atoms with E-state index in [-0.39, 0.29) is 6.04 Å². The second kappa shape index (κ2) is 5.70. The van der Waals surface area contributed by atoms with E-state index in [1.807, 2.05) is 44.8 Å². The molecule has 6 nitrogen and oxygen atoms in total. The SMILES string of the molecule is Cc1cnn(C[C@H](C)Nc2nnc(C)c(C)c2C#N)c1. The van der Waals surface area contributed by atoms with E-state index in [1.165, 1.54) is 0 Å². The van der Waals surface area contributed by atoms with Crippen LogP contribution in [0, 0.1) is 32.1 Å². The monoisotopic (exact) mass is 270 g/mol. The summed E-state index contributed by atoms with van der Waals surface area (Å²) in [6.45, 7) is 8.46. The van der Waals surface area contributed by atoms with Gasteiger partial charge in [-0.15, -0.1) is 5.10 Å². The highest BCUT2D eigenvalue weighted by atomic mass is 15.3. The van der Waals surface area contributed by atoms with Crippen molar-refractivity contribution in [2.24, 2.45) is 0 Å². The number of hydrogen-bond donors (Lipinski definition) is 1. The van der Waals surface area contributed by atoms with E-state index < -0.39 is 0 Å². The molecule has 2 aromatic rings. The lowest BCUT2D eigenvalue weighted by Gasteiger charge is -2.16. The molecule has 20 heavy (non-hydrogen) atoms. The van der Waals surface area contributed by atoms with Gasteiger partial charge in [0.05, 0.1) is 18.4 Å². The van der Waals surface area contributed by atoms with E-state index in [0.29, 0.717) is 17.9 Å². The summed E-state index contributed by atoms with van der Waals surface area (Å²) in [6, 6.07) is 2.29. The van der Waals surface area contributed by atoms with Gasteiger partial charge in [-0.25, -0.2) is 0 Å². The average Bonchev–Trinajstić information content (AvgIpc) is 2.79. The Kier molecular flexibility index (Phi) is 3.99. The summed E-state index contributed by atoms with van der Waals surface area (Å²) in [4.78, 5) is 0. The van der Waals surface area contributed by atoms with Crippen molar-refractivity contribution in [3.63, 3.8) is 0 Å². The molecule has 0 fully saturated rings. The Morgan fingerprint density at radius 1 is 1.35 bits per heavy atom. The predicted molar refractivity (Wildman–Crippen MR) is 76.3 cm³/mol. The number of hydrogen-bond acceptors (Lipinski definition) is 5. The molecule has 0 amide bonds. The summed E-state index contributed by atoms with van der Waals surface area (Å²) >= 11 is 0. The van der Waals surface area contributed by atoms with Crippen LogP contribution < -0.4 is 5.32 Å². The largest absolute Gasteiger partial charge is 0.363 e. The van der Waals surface area contributed by atoms with Gasteiger partial charge in [-0.3, -0.25) is 4.68 Å². The first-order valence-corrected chi connectivity index (χ1v) is 6.51. The zero-order valence-electron chi connectivity index (χ0n) is 12.2. The standard InChI is InChI=1S/C14H18N6/c1-9-6-16-20(7-9)8-10(2)17-14-13(5-15)11(3)12(4)18-19-14/h6-7,10H,8H2,1-4H3,(H,17,19)/t10-/m0/s1. The van der Waals surface area contributed by atoms with Crippen molar-refractivity contribution in [1.82, 2.24) is 20.0 Å². The Labute approximate surface area is 118 Å². The van der Waals surface area contributed by atoms with Crippen molar-refractivity contribution >= 4 is 5.82 Å². The predicted octanol–water partition coefficient (Wildman–Crippen LogP) is 1.97. The fourth-order valence-corrected chi connectivity index (χ4v) is 1.97. The number of aromatic nitrogens is 4. The molecule has 0 bridgehead atoms. The van der Waals surface area contributed by atoms with Gasteiger partial charge in [-0.05, 0) is 38.8 Å². The van der Waals surface area contributed by atoms with Crippen LogP contribution in [0.4, 0.5) is 5.82 Å². The highest BCUT2D eigenvalue weighted by molar-refractivity contribution is 5.56. The van der Waals surface area contributed by atoms with Gasteiger partial charge in [0.1, 0.15) is 11.6 Å². The van der Waals surface area contributed by atoms with Crippen LogP contribution in [0.5, 0.6) is 0 Å². The minimum absolute atomic E-state index is 0.0952. The molecule has 2 heterocycles. The van der Waals surface area contributed by atoms with E-state index in [9.17, 15) is 5.26 Å². The maximum absolute atomic E-state index is 9.25. The third-order valence-electron chi connectivity index (χ3n) is 3.17. The summed E-state index contributed by atoms with van der Waals surface area (Å²) < 4.78 is 1.87. The van der Waals surface area contributed by atoms with Gasteiger partial charge in [0.2, 0.25) is 0 Å². The summed E-state index contributed by atoms with van der Waals surface area (Å²) in [5.41, 5.74) is 3.33. The van der Waals surface area contributed by atoms with Crippen molar-refractivity contribution < 1.29 is 0 Å². The lowest BCUT2D eigenvalue weighted by molar-refractivity contribution is 0.558. The smallest absolute Gasteiger partial charge is 0.167 e. The van der Waals surface area contributed by atoms with E-state index >= 15 is 0 Å². The summed E-state index contributed by atoms with van der Waals surface area (Å²) in [5, 5.41) is 24.9. The van der Waals surface area contributed by atoms with Gasteiger partial charge >= 0.3 is 0 Å². The molecule has 6 heteroatoms. The van der Waals surface area contributed by atoms with Gasteiger partial charge in [-0.1, -0.05) is 0 Å². The van der Waals surface area contributed by atoms with Crippen LogP contribution in [0.1, 0.15) is 29.3 Å². The lowest BCUT2D eigenvalue weighted by Crippen LogP contribution is -2.24. The number of nitrogens with one attached hydrogen (secondary N) is 1. The molecule has 0 radical (unpaired) electrons. The minimum atomic E-state index is 0.0952. The van der Waals surface area contributed by atoms with Gasteiger partial charge in [-0.2, -0.15) is 15.5 Å². The first-order valence-electron chi connectivity index (χ1n) is 6.51. The summed E-state index contributed by atoms with van der Waals surface area (Å²) in [7, 11) is 0. The topological polar surface area (TPSA) is 79.4 Å². The highest BCUT2D eigenvalue weighted by Crippen LogP contribution is 2.18. The van der Waals surface area contributed by atoms with Crippen LogP contribution >= 0.6 is 0 Å². The van der Waals surface area contributed by atoms with Crippen molar-refractivity contribution in [1.29, 1.82) is 5.26 Å². The van der Waals surface area contributed by atoms with Gasteiger partial charge in [0, 0.05) is 12.2 Å². The number of anilines is 1. The summed E-state index contributed by atoms with van der Waals surface area (Å²) in [5.74, 6) is 0.534. The van der Waals surface area contributed by atoms with Crippen molar-refractivity contribution in [3.8, 4) is 6.07 Å². The van der Waals surface area contributed by atoms with Crippen LogP contribution in [0.15, 0.2) is 12.4 Å². The zero-order chi connectivity index (χ0) is 14.7. The summed E-state index contributed by atoms with van der Waals surface area (Å²) in [6.07, 6.45) is 3.80. The van der Waals surface area contributed by atoms with Gasteiger partial charge in [0.25, 0.3) is 0 Å². The fraction of sp³-hybridized carbons (Fsp3) is 0.429. The molecule has 0 aliphatic heterocycles. The Bertz CT molecular complexity index is 652. The van der Waals surface area contributed by atoms with E-state index in [0.717, 1.165) is 16.8 Å². The van der Waals surface area contributed by atoms with Crippen LogP contribution in [0.2, 0.25) is 0 Å². The first kappa shape index (κ1) is 14.0. The van der Waals surface area contributed by atoms with E-state index in [2.05, 4.69) is 26.7 Å². The van der Waals surface area contributed by atoms with Crippen LogP contribution in [-0.2, 0) is 6.54 Å². The molecular formula is C14H18N6. The Hall–Kier alpha value is -2.42. The van der Waals surface area contributed by atoms with Crippen LogP contribution in [0.3, 0.4) is 0 Å². The molecule has 0 aliphatic carbocycles. The molecule has 1 N–H and O–H groups in total. The van der Waals surface area contributed by atoms with Crippen LogP contribution in [-0.4, -0.2) is 26.0 Å². The van der Waals surface area contributed by atoms with E-state index in [4.69, 9.17) is 0 Å². The van der Waals surface area contributed by atoms with Crippen molar-refractivity contribution in [2.75, 3.05) is 5.32 Å². The quantitative estimate of drug-likeness (QED) is 0.918. The fourth-order valence-electron chi connectivity index (χ4n) is 1.97. The molecule has 0 aromatic carbocycles. The normalized spacial score (nSPS) is 11.9. The van der Waals surface area contributed by atoms with Crippen molar-refractivity contribution in [2.45, 2.75) is 40.3 Å². The number of nitriles is 1. The zero-order valence-corrected chi connectivity index (χ0v) is 12.2. The molecule has 2 rings (SSSR count). The molecule has 2 aromatic heterocycles. The van der Waals surface area contributed by atoms with Crippen molar-refractivity contribution in [3.05, 3.63) is 34.8 Å². The Morgan fingerprint density at radius 2 is 2.10 bits per heavy atom. The number of rotatable bonds is 4. The molecule has 1 atom stereocenters. The van der Waals surface area contributed by atoms with Gasteiger partial charge < -0.3 is 5.32 Å². The molecule has 0 saturated heterocycles. The molecule has 0 spiro atoms. The molecule has 0 unspecified atom stereocenters. The third kappa shape index (κ3) is 2.94. The molecule has 0 saturated carbocycles. The second-order valence-corrected chi connectivity index (χ2v) is 5.03. The van der Waals surface area contributed by atoms with Gasteiger partial charge in [0.15, 0.2) is 5.82 Å².